The molecule has 15 heavy (non-hydrogen) atoms. The number of nitrogens with zero attached hydrogens (tertiary/aromatic N) is 2. The van der Waals surface area contributed by atoms with Crippen LogP contribution in [0.2, 0.25) is 0 Å². The van der Waals surface area contributed by atoms with Gasteiger partial charge < -0.3 is 19.8 Å². The minimum Gasteiger partial charge on any atom is -0.548 e. The largest absolute Gasteiger partial charge is 0.548 e. The van der Waals surface area contributed by atoms with Crippen molar-refractivity contribution in [3.05, 3.63) is 18.2 Å². The molecule has 0 unspecified atom stereocenters. The third-order valence-corrected chi connectivity index (χ3v) is 1.83. The number of amides is 1. The summed E-state index contributed by atoms with van der Waals surface area (Å²) in [5, 5.41) is 13.0. The van der Waals surface area contributed by atoms with Crippen LogP contribution in [0, 0.1) is 0 Å². The molecule has 1 aromatic heterocycles. The van der Waals surface area contributed by atoms with Crippen molar-refractivity contribution in [2.24, 2.45) is 7.05 Å². The number of carbonyl (C=O) groups is 2. The summed E-state index contributed by atoms with van der Waals surface area (Å²) >= 11 is 0. The molecule has 0 aliphatic rings. The zero-order valence-electron chi connectivity index (χ0n) is 8.56. The molecular weight excluding hydrogens is 198 g/mol. The van der Waals surface area contributed by atoms with E-state index in [2.05, 4.69) is 10.3 Å². The molecule has 0 radical (unpaired) electrons. The lowest BCUT2D eigenvalue weighted by atomic mass is 10.1. The zero-order chi connectivity index (χ0) is 11.4. The Morgan fingerprint density at radius 1 is 1.67 bits per heavy atom. The Hall–Kier alpha value is -1.85. The molecule has 1 heterocycles. The number of hydrogen-bond donors (Lipinski definition) is 1. The molecule has 0 fully saturated rings. The van der Waals surface area contributed by atoms with Crippen molar-refractivity contribution in [3.8, 4) is 0 Å². The first-order valence-electron chi connectivity index (χ1n) is 4.44. The van der Waals surface area contributed by atoms with Crippen molar-refractivity contribution in [2.75, 3.05) is 0 Å². The topological polar surface area (TPSA) is 87.0 Å². The van der Waals surface area contributed by atoms with Crippen LogP contribution in [0.5, 0.6) is 0 Å². The zero-order valence-corrected chi connectivity index (χ0v) is 8.56. The molecule has 0 saturated carbocycles. The van der Waals surface area contributed by atoms with Crippen LogP contribution in [0.3, 0.4) is 0 Å². The van der Waals surface area contributed by atoms with Gasteiger partial charge in [0, 0.05) is 26.6 Å². The number of nitrogens with one attached hydrogen (secondary N) is 1. The van der Waals surface area contributed by atoms with Gasteiger partial charge >= 0.3 is 0 Å². The van der Waals surface area contributed by atoms with Crippen LogP contribution in [-0.4, -0.2) is 27.5 Å². The van der Waals surface area contributed by atoms with Gasteiger partial charge in [0.1, 0.15) is 0 Å². The Labute approximate surface area is 86.9 Å². The molecule has 6 heteroatoms. The summed E-state index contributed by atoms with van der Waals surface area (Å²) in [6.07, 6.45) is 3.38. The highest BCUT2D eigenvalue weighted by Crippen LogP contribution is 1.99. The van der Waals surface area contributed by atoms with Crippen LogP contribution < -0.4 is 10.4 Å². The fraction of sp³-hybridized carbons (Fsp3) is 0.444. The lowest BCUT2D eigenvalue weighted by molar-refractivity contribution is -0.308. The first kappa shape index (κ1) is 11.2. The van der Waals surface area contributed by atoms with Gasteiger partial charge in [-0.1, -0.05) is 0 Å². The lowest BCUT2D eigenvalue weighted by Crippen LogP contribution is -2.48. The van der Waals surface area contributed by atoms with Crippen LogP contribution in [0.1, 0.15) is 12.6 Å². The molecule has 1 amide bonds. The Morgan fingerprint density at radius 3 is 2.73 bits per heavy atom. The van der Waals surface area contributed by atoms with Gasteiger partial charge in [-0.15, -0.1) is 0 Å². The Balaban J connectivity index is 2.66. The van der Waals surface area contributed by atoms with Crippen LogP contribution in [-0.2, 0) is 23.1 Å². The van der Waals surface area contributed by atoms with E-state index in [0.717, 1.165) is 0 Å². The first-order chi connectivity index (χ1) is 6.99. The van der Waals surface area contributed by atoms with Crippen LogP contribution >= 0.6 is 0 Å². The highest BCUT2D eigenvalue weighted by Gasteiger charge is 2.13. The molecular formula is C9H12N3O3-. The quantitative estimate of drug-likeness (QED) is 0.636. The van der Waals surface area contributed by atoms with E-state index in [-0.39, 0.29) is 6.42 Å². The van der Waals surface area contributed by atoms with Gasteiger partial charge in [0.15, 0.2) is 0 Å². The molecule has 82 valence electrons. The predicted octanol–water partition coefficient (Wildman–Crippen LogP) is -1.78. The average Bonchev–Trinajstić information content (AvgIpc) is 2.49. The molecule has 1 rings (SSSR count). The van der Waals surface area contributed by atoms with Gasteiger partial charge in [0.2, 0.25) is 5.91 Å². The Bertz CT molecular complexity index is 372. The van der Waals surface area contributed by atoms with E-state index < -0.39 is 17.9 Å². The second-order valence-electron chi connectivity index (χ2n) is 3.31. The maximum absolute atomic E-state index is 10.7. The molecule has 0 bridgehead atoms. The predicted molar refractivity (Wildman–Crippen MR) is 49.5 cm³/mol. The van der Waals surface area contributed by atoms with Crippen molar-refractivity contribution >= 4 is 11.9 Å². The molecule has 1 N–H and O–H groups in total. The summed E-state index contributed by atoms with van der Waals surface area (Å²) in [5.41, 5.74) is 0.598. The van der Waals surface area contributed by atoms with E-state index in [9.17, 15) is 14.7 Å². The summed E-state index contributed by atoms with van der Waals surface area (Å²) < 4.78 is 1.70. The van der Waals surface area contributed by atoms with Gasteiger partial charge in [-0.3, -0.25) is 4.79 Å². The number of carboxylic acids is 1. The summed E-state index contributed by atoms with van der Waals surface area (Å²) in [4.78, 5) is 25.4. The van der Waals surface area contributed by atoms with E-state index in [1.165, 1.54) is 6.92 Å². The molecule has 1 atom stereocenters. The highest BCUT2D eigenvalue weighted by atomic mass is 16.4. The van der Waals surface area contributed by atoms with Gasteiger partial charge in [-0.2, -0.15) is 0 Å². The molecule has 0 aliphatic heterocycles. The molecule has 0 aliphatic carbocycles. The number of hydrogen-bond acceptors (Lipinski definition) is 4. The van der Waals surface area contributed by atoms with E-state index >= 15 is 0 Å². The van der Waals surface area contributed by atoms with E-state index in [4.69, 9.17) is 0 Å². The lowest BCUT2D eigenvalue weighted by Gasteiger charge is -2.17. The summed E-state index contributed by atoms with van der Waals surface area (Å²) in [6, 6.07) is -1.03. The number of carbonyl (C=O) groups excluding carboxylic acids is 2. The maximum atomic E-state index is 10.7. The number of imidazole rings is 1. The number of aliphatic carboxylic acids is 1. The Morgan fingerprint density at radius 2 is 2.33 bits per heavy atom. The smallest absolute Gasteiger partial charge is 0.217 e. The monoisotopic (exact) mass is 210 g/mol. The van der Waals surface area contributed by atoms with Gasteiger partial charge in [0.25, 0.3) is 0 Å². The SMILES string of the molecule is CC(=O)N[C@@H](Cc1cn(C)cn1)C(=O)[O-]. The van der Waals surface area contributed by atoms with E-state index in [1.54, 1.807) is 24.1 Å². The van der Waals surface area contributed by atoms with Crippen LogP contribution in [0.4, 0.5) is 0 Å². The standard InChI is InChI=1S/C9H13N3O3/c1-6(13)11-8(9(14)15)3-7-4-12(2)5-10-7/h4-5,8H,3H2,1-2H3,(H,11,13)(H,14,15)/p-1/t8-/m0/s1. The van der Waals surface area contributed by atoms with Crippen molar-refractivity contribution in [1.82, 2.24) is 14.9 Å². The number of rotatable bonds is 4. The molecule has 0 aromatic carbocycles. The van der Waals surface area contributed by atoms with Gasteiger partial charge in [0.05, 0.1) is 24.0 Å². The maximum Gasteiger partial charge on any atom is 0.217 e. The second kappa shape index (κ2) is 4.59. The third kappa shape index (κ3) is 3.41. The normalized spacial score (nSPS) is 12.1. The highest BCUT2D eigenvalue weighted by molar-refractivity contribution is 5.81. The number of aromatic nitrogens is 2. The van der Waals surface area contributed by atoms with Crippen LogP contribution in [0.15, 0.2) is 12.5 Å². The summed E-state index contributed by atoms with van der Waals surface area (Å²) in [7, 11) is 1.78. The van der Waals surface area contributed by atoms with Gasteiger partial charge in [-0.25, -0.2) is 4.98 Å². The fourth-order valence-electron chi connectivity index (χ4n) is 1.22. The third-order valence-electron chi connectivity index (χ3n) is 1.83. The van der Waals surface area contributed by atoms with E-state index in [1.807, 2.05) is 0 Å². The molecule has 0 spiro atoms. The number of carboxylic acid groups (broad SMARTS) is 1. The van der Waals surface area contributed by atoms with Crippen molar-refractivity contribution in [1.29, 1.82) is 0 Å². The van der Waals surface area contributed by atoms with Crippen molar-refractivity contribution in [2.45, 2.75) is 19.4 Å². The van der Waals surface area contributed by atoms with E-state index in [0.29, 0.717) is 5.69 Å². The van der Waals surface area contributed by atoms with Gasteiger partial charge in [-0.05, 0) is 0 Å². The first-order valence-corrected chi connectivity index (χ1v) is 4.44. The minimum absolute atomic E-state index is 0.128. The minimum atomic E-state index is -1.31. The fourth-order valence-corrected chi connectivity index (χ4v) is 1.22. The second-order valence-corrected chi connectivity index (χ2v) is 3.31. The molecule has 1 aromatic rings. The summed E-state index contributed by atoms with van der Waals surface area (Å²) in [5.74, 6) is -1.71. The molecule has 6 nitrogen and oxygen atoms in total. The number of aryl methyl sites for hydroxylation is 1. The molecule has 0 saturated heterocycles. The van der Waals surface area contributed by atoms with Crippen LogP contribution in [0.25, 0.3) is 0 Å². The average molecular weight is 210 g/mol. The van der Waals surface area contributed by atoms with Crippen molar-refractivity contribution in [3.63, 3.8) is 0 Å². The summed E-state index contributed by atoms with van der Waals surface area (Å²) in [6.45, 7) is 1.26. The Kier molecular flexibility index (Phi) is 3.43. The van der Waals surface area contributed by atoms with Crippen molar-refractivity contribution < 1.29 is 14.7 Å².